The van der Waals surface area contributed by atoms with Crippen LogP contribution < -0.4 is 0 Å². The van der Waals surface area contributed by atoms with Crippen LogP contribution in [0.1, 0.15) is 53.2 Å². The first-order valence-corrected chi connectivity index (χ1v) is 8.35. The predicted molar refractivity (Wildman–Crippen MR) is 86.5 cm³/mol. The molecule has 2 rings (SSSR count). The van der Waals surface area contributed by atoms with Gasteiger partial charge in [-0.05, 0) is 51.2 Å². The molecule has 4 heteroatoms. The Kier molecular flexibility index (Phi) is 5.44. The number of carbonyl (C=O) groups is 1. The molecule has 0 bridgehead atoms. The van der Waals surface area contributed by atoms with Gasteiger partial charge in [0.05, 0.1) is 16.4 Å². The maximum absolute atomic E-state index is 12.7. The zero-order valence-electron chi connectivity index (χ0n) is 13.0. The van der Waals surface area contributed by atoms with E-state index < -0.39 is 0 Å². The van der Waals surface area contributed by atoms with Crippen molar-refractivity contribution in [3.8, 4) is 11.8 Å². The third-order valence-corrected chi connectivity index (χ3v) is 4.74. The fraction of sp³-hybridized carbons (Fsp3) is 0.588. The smallest absolute Gasteiger partial charge is 0.264 e. The van der Waals surface area contributed by atoms with Crippen LogP contribution in [0.4, 0.5) is 0 Å². The zero-order valence-corrected chi connectivity index (χ0v) is 13.8. The summed E-state index contributed by atoms with van der Waals surface area (Å²) in [6.07, 6.45) is 2.97. The summed E-state index contributed by atoms with van der Waals surface area (Å²) in [7, 11) is 0. The normalized spacial score (nSPS) is 14.0. The summed E-state index contributed by atoms with van der Waals surface area (Å²) < 4.78 is 0. The first-order chi connectivity index (χ1) is 10.0. The van der Waals surface area contributed by atoms with Crippen LogP contribution in [0.2, 0.25) is 0 Å². The maximum atomic E-state index is 12.7. The van der Waals surface area contributed by atoms with Crippen LogP contribution in [-0.4, -0.2) is 35.1 Å². The van der Waals surface area contributed by atoms with E-state index >= 15 is 0 Å². The van der Waals surface area contributed by atoms with Crippen molar-refractivity contribution in [3.05, 3.63) is 21.4 Å². The van der Waals surface area contributed by atoms with Crippen molar-refractivity contribution >= 4 is 17.2 Å². The fourth-order valence-corrected chi connectivity index (χ4v) is 3.16. The lowest BCUT2D eigenvalue weighted by Crippen LogP contribution is -2.38. The van der Waals surface area contributed by atoms with Crippen LogP contribution in [-0.2, 0) is 0 Å². The highest BCUT2D eigenvalue weighted by molar-refractivity contribution is 7.14. The van der Waals surface area contributed by atoms with Gasteiger partial charge in [-0.2, -0.15) is 0 Å². The van der Waals surface area contributed by atoms with Crippen molar-refractivity contribution in [2.45, 2.75) is 46.1 Å². The number of thiophene rings is 1. The van der Waals surface area contributed by atoms with Crippen molar-refractivity contribution in [1.29, 1.82) is 0 Å². The second-order valence-electron chi connectivity index (χ2n) is 5.89. The average molecular weight is 305 g/mol. The summed E-state index contributed by atoms with van der Waals surface area (Å²) in [4.78, 5) is 16.4. The van der Waals surface area contributed by atoms with Crippen molar-refractivity contribution < 1.29 is 9.90 Å². The molecule has 3 nitrogen and oxygen atoms in total. The molecule has 0 saturated heterocycles. The largest absolute Gasteiger partial charge is 0.395 e. The average Bonchev–Trinajstić information content (AvgIpc) is 3.19. The fourth-order valence-electron chi connectivity index (χ4n) is 2.16. The quantitative estimate of drug-likeness (QED) is 0.849. The minimum atomic E-state index is 0.0751. The Morgan fingerprint density at radius 1 is 1.52 bits per heavy atom. The van der Waals surface area contributed by atoms with Gasteiger partial charge in [0.15, 0.2) is 0 Å². The second-order valence-corrected chi connectivity index (χ2v) is 6.95. The van der Waals surface area contributed by atoms with E-state index in [0.29, 0.717) is 12.3 Å². The third-order valence-electron chi connectivity index (χ3n) is 3.60. The molecule has 0 radical (unpaired) electrons. The van der Waals surface area contributed by atoms with E-state index in [1.54, 1.807) is 0 Å². The van der Waals surface area contributed by atoms with Gasteiger partial charge in [0.2, 0.25) is 0 Å². The van der Waals surface area contributed by atoms with Gasteiger partial charge in [-0.25, -0.2) is 0 Å². The van der Waals surface area contributed by atoms with E-state index in [4.69, 9.17) is 5.11 Å². The number of hydrogen-bond acceptors (Lipinski definition) is 3. The monoisotopic (exact) mass is 305 g/mol. The molecule has 1 heterocycles. The van der Waals surface area contributed by atoms with Crippen LogP contribution >= 0.6 is 11.3 Å². The maximum Gasteiger partial charge on any atom is 0.264 e. The minimum absolute atomic E-state index is 0.0751. The van der Waals surface area contributed by atoms with Gasteiger partial charge in [-0.1, -0.05) is 11.8 Å². The lowest BCUT2D eigenvalue weighted by atomic mass is 10.2. The number of aryl methyl sites for hydroxylation is 1. The summed E-state index contributed by atoms with van der Waals surface area (Å²) in [6, 6.07) is 2.17. The Morgan fingerprint density at radius 3 is 2.81 bits per heavy atom. The van der Waals surface area contributed by atoms with Gasteiger partial charge < -0.3 is 10.0 Å². The summed E-state index contributed by atoms with van der Waals surface area (Å²) in [5.74, 6) is 6.79. The predicted octanol–water partition coefficient (Wildman–Crippen LogP) is 3.05. The molecule has 114 valence electrons. The number of nitrogens with zero attached hydrogens (tertiary/aromatic N) is 1. The number of aliphatic hydroxyl groups is 1. The van der Waals surface area contributed by atoms with Gasteiger partial charge in [0.25, 0.3) is 5.91 Å². The molecule has 1 aromatic heterocycles. The van der Waals surface area contributed by atoms with Crippen LogP contribution in [0.25, 0.3) is 0 Å². The molecule has 1 fully saturated rings. The Balaban J connectivity index is 2.14. The van der Waals surface area contributed by atoms with E-state index in [1.165, 1.54) is 24.2 Å². The Labute approximate surface area is 131 Å². The number of hydrogen-bond donors (Lipinski definition) is 1. The van der Waals surface area contributed by atoms with E-state index in [9.17, 15) is 4.79 Å². The number of aliphatic hydroxyl groups excluding tert-OH is 1. The molecular weight excluding hydrogens is 282 g/mol. The van der Waals surface area contributed by atoms with Crippen molar-refractivity contribution in [3.63, 3.8) is 0 Å². The number of carbonyl (C=O) groups excluding carboxylic acids is 1. The molecule has 21 heavy (non-hydrogen) atoms. The molecule has 1 aromatic rings. The van der Waals surface area contributed by atoms with Crippen LogP contribution in [0.15, 0.2) is 6.07 Å². The summed E-state index contributed by atoms with van der Waals surface area (Å²) in [5, 5.41) is 8.77. The Morgan fingerprint density at radius 2 is 2.24 bits per heavy atom. The topological polar surface area (TPSA) is 40.5 Å². The minimum Gasteiger partial charge on any atom is -0.395 e. The van der Waals surface area contributed by atoms with E-state index in [1.807, 2.05) is 17.9 Å². The van der Waals surface area contributed by atoms with Gasteiger partial charge in [0.1, 0.15) is 0 Å². The van der Waals surface area contributed by atoms with Crippen LogP contribution in [0, 0.1) is 24.7 Å². The molecule has 0 aromatic carbocycles. The van der Waals surface area contributed by atoms with Gasteiger partial charge in [-0.3, -0.25) is 4.79 Å². The molecular formula is C17H23NO2S. The van der Waals surface area contributed by atoms with E-state index in [0.717, 1.165) is 21.9 Å². The molecule has 1 aliphatic rings. The van der Waals surface area contributed by atoms with Gasteiger partial charge in [0, 0.05) is 19.0 Å². The molecule has 1 N–H and O–H groups in total. The molecule has 0 aliphatic heterocycles. The summed E-state index contributed by atoms with van der Waals surface area (Å²) >= 11 is 1.46. The van der Waals surface area contributed by atoms with Crippen molar-refractivity contribution in [2.24, 2.45) is 5.92 Å². The Bertz CT molecular complexity index is 561. The number of amides is 1. The summed E-state index contributed by atoms with van der Waals surface area (Å²) in [5.41, 5.74) is 1.05. The highest BCUT2D eigenvalue weighted by atomic mass is 32.1. The molecule has 1 amide bonds. The van der Waals surface area contributed by atoms with Crippen LogP contribution in [0.3, 0.4) is 0 Å². The first-order valence-electron chi connectivity index (χ1n) is 7.54. The van der Waals surface area contributed by atoms with E-state index in [2.05, 4.69) is 25.7 Å². The highest BCUT2D eigenvalue weighted by Gasteiger charge is 2.29. The van der Waals surface area contributed by atoms with Gasteiger partial charge >= 0.3 is 0 Å². The zero-order chi connectivity index (χ0) is 15.4. The molecule has 0 spiro atoms. The van der Waals surface area contributed by atoms with Gasteiger partial charge in [-0.15, -0.1) is 11.3 Å². The second kappa shape index (κ2) is 7.11. The SMILES string of the molecule is Cc1cc(C(=O)N(CC2CC2)C(C)C)sc1C#CCCO. The van der Waals surface area contributed by atoms with Crippen molar-refractivity contribution in [1.82, 2.24) is 4.90 Å². The lowest BCUT2D eigenvalue weighted by Gasteiger charge is -2.26. The number of rotatable bonds is 5. The first kappa shape index (κ1) is 16.1. The molecule has 1 saturated carbocycles. The lowest BCUT2D eigenvalue weighted by molar-refractivity contribution is 0.0701. The van der Waals surface area contributed by atoms with Crippen molar-refractivity contribution in [2.75, 3.05) is 13.2 Å². The molecule has 1 aliphatic carbocycles. The van der Waals surface area contributed by atoms with E-state index in [-0.39, 0.29) is 18.6 Å². The third kappa shape index (κ3) is 4.33. The summed E-state index contributed by atoms with van der Waals surface area (Å²) in [6.45, 7) is 7.08. The molecule has 0 unspecified atom stereocenters. The Hall–Kier alpha value is -1.31. The highest BCUT2D eigenvalue weighted by Crippen LogP contribution is 2.31. The molecule has 0 atom stereocenters. The van der Waals surface area contributed by atoms with Crippen LogP contribution in [0.5, 0.6) is 0 Å². The standard InChI is InChI=1S/C17H23NO2S/c1-12(2)18(11-14-7-8-14)17(20)16-10-13(3)15(21-16)6-4-5-9-19/h10,12,14,19H,5,7-9,11H2,1-3H3.